The van der Waals surface area contributed by atoms with E-state index in [9.17, 15) is 24.2 Å². The van der Waals surface area contributed by atoms with Gasteiger partial charge in [-0.3, -0.25) is 5.32 Å². The van der Waals surface area contributed by atoms with Crippen LogP contribution in [0.15, 0.2) is 36.4 Å². The van der Waals surface area contributed by atoms with Gasteiger partial charge >= 0.3 is 12.1 Å². The van der Waals surface area contributed by atoms with E-state index in [1.54, 1.807) is 24.3 Å². The number of nitrogens with zero attached hydrogens (tertiary/aromatic N) is 2. The summed E-state index contributed by atoms with van der Waals surface area (Å²) in [6, 6.07) is 7.86. The van der Waals surface area contributed by atoms with E-state index in [1.807, 2.05) is 0 Å². The second-order valence-corrected chi connectivity index (χ2v) is 8.49. The summed E-state index contributed by atoms with van der Waals surface area (Å²) in [4.78, 5) is 33.2. The van der Waals surface area contributed by atoms with E-state index in [0.717, 1.165) is 0 Å². The van der Waals surface area contributed by atoms with Crippen molar-refractivity contribution in [3.63, 3.8) is 0 Å². The Labute approximate surface area is 210 Å². The van der Waals surface area contributed by atoms with Crippen molar-refractivity contribution in [2.45, 2.75) is 25.1 Å². The quantitative estimate of drug-likeness (QED) is 0.288. The lowest BCUT2D eigenvalue weighted by Gasteiger charge is -2.29. The van der Waals surface area contributed by atoms with Crippen LogP contribution in [0.4, 0.5) is 19.9 Å². The van der Waals surface area contributed by atoms with E-state index >= 15 is 0 Å². The number of H-pyrrole nitrogens is 1. The van der Waals surface area contributed by atoms with Crippen LogP contribution < -0.4 is 10.6 Å². The Morgan fingerprint density at radius 1 is 1.29 bits per heavy atom. The summed E-state index contributed by atoms with van der Waals surface area (Å²) in [5, 5.41) is 24.5. The van der Waals surface area contributed by atoms with E-state index in [4.69, 9.17) is 27.9 Å². The number of anilines is 1. The minimum Gasteiger partial charge on any atom is -0.447 e. The molecule has 0 aliphatic rings. The van der Waals surface area contributed by atoms with Gasteiger partial charge in [0.15, 0.2) is 0 Å². The zero-order valence-corrected chi connectivity index (χ0v) is 20.1. The first kappa shape index (κ1) is 26.5. The molecule has 0 radical (unpaired) electrons. The number of carbonyl (C=O) groups excluding carboxylic acids is 2. The molecule has 3 aromatic rings. The average molecular weight is 528 g/mol. The van der Waals surface area contributed by atoms with Crippen LogP contribution in [0.2, 0.25) is 10.0 Å². The fourth-order valence-electron chi connectivity index (χ4n) is 3.22. The third-order valence-electron chi connectivity index (χ3n) is 5.16. The molecule has 13 heteroatoms. The number of ether oxygens (including phenoxy) is 1. The fraction of sp³-hybridized carbons (Fsp3) is 0.318. The number of nitrogens with one attached hydrogen (secondary N) is 3. The number of hydrogen-bond donors (Lipinski definition) is 5. The van der Waals surface area contributed by atoms with Gasteiger partial charge in [-0.25, -0.2) is 19.0 Å². The predicted octanol–water partition coefficient (Wildman–Crippen LogP) is 3.51. The highest BCUT2D eigenvalue weighted by Gasteiger charge is 2.25. The lowest BCUT2D eigenvalue weighted by molar-refractivity contribution is 0.0480. The molecule has 0 bridgehead atoms. The second-order valence-electron chi connectivity index (χ2n) is 7.68. The molecule has 0 saturated carbocycles. The van der Waals surface area contributed by atoms with Crippen molar-refractivity contribution in [1.29, 1.82) is 0 Å². The second kappa shape index (κ2) is 12.0. The number of aromatic nitrogens is 2. The van der Waals surface area contributed by atoms with Gasteiger partial charge in [0.1, 0.15) is 12.4 Å². The SMILES string of the molecule is CN(C(=O)NCc1cccc(F)c1Cl)[C@H](COC(=O)Nc1nc2ccc(Cl)cc2[nH]1)C[C@@H](O)CO. The van der Waals surface area contributed by atoms with E-state index in [-0.39, 0.29) is 30.5 Å². The largest absolute Gasteiger partial charge is 0.447 e. The van der Waals surface area contributed by atoms with Crippen LogP contribution in [0.3, 0.4) is 0 Å². The number of rotatable bonds is 9. The number of hydrogen-bond acceptors (Lipinski definition) is 6. The highest BCUT2D eigenvalue weighted by molar-refractivity contribution is 6.31. The molecular weight excluding hydrogens is 504 g/mol. The number of carbonyl (C=O) groups is 2. The van der Waals surface area contributed by atoms with E-state index in [0.29, 0.717) is 21.6 Å². The fourth-order valence-corrected chi connectivity index (χ4v) is 3.58. The van der Waals surface area contributed by atoms with Gasteiger partial charge in [0.05, 0.1) is 34.8 Å². The van der Waals surface area contributed by atoms with Gasteiger partial charge < -0.3 is 30.2 Å². The normalized spacial score (nSPS) is 12.7. The summed E-state index contributed by atoms with van der Waals surface area (Å²) in [6.07, 6.45) is -2.07. The van der Waals surface area contributed by atoms with Gasteiger partial charge in [0.25, 0.3) is 0 Å². The first-order valence-electron chi connectivity index (χ1n) is 10.5. The maximum atomic E-state index is 13.6. The highest BCUT2D eigenvalue weighted by atomic mass is 35.5. The number of aromatic amines is 1. The van der Waals surface area contributed by atoms with Gasteiger partial charge in [-0.05, 0) is 36.2 Å². The van der Waals surface area contributed by atoms with Crippen molar-refractivity contribution in [2.75, 3.05) is 25.6 Å². The number of urea groups is 1. The molecule has 3 rings (SSSR count). The number of benzene rings is 2. The van der Waals surface area contributed by atoms with Crippen LogP contribution in [0.1, 0.15) is 12.0 Å². The van der Waals surface area contributed by atoms with Crippen LogP contribution in [0, 0.1) is 5.82 Å². The molecule has 0 fully saturated rings. The molecule has 10 nitrogen and oxygen atoms in total. The molecule has 35 heavy (non-hydrogen) atoms. The molecule has 1 aromatic heterocycles. The number of aliphatic hydroxyl groups is 2. The molecule has 1 heterocycles. The first-order chi connectivity index (χ1) is 16.7. The molecule has 0 spiro atoms. The van der Waals surface area contributed by atoms with Gasteiger partial charge in [-0.1, -0.05) is 35.3 Å². The molecule has 0 saturated heterocycles. The number of fused-ring (bicyclic) bond motifs is 1. The topological polar surface area (TPSA) is 140 Å². The van der Waals surface area contributed by atoms with E-state index < -0.39 is 36.7 Å². The summed E-state index contributed by atoms with van der Waals surface area (Å²) in [7, 11) is 1.43. The van der Waals surface area contributed by atoms with Crippen LogP contribution in [0.25, 0.3) is 11.0 Å². The summed E-state index contributed by atoms with van der Waals surface area (Å²) >= 11 is 11.9. The minimum absolute atomic E-state index is 0.0492. The van der Waals surface area contributed by atoms with Crippen molar-refractivity contribution in [2.24, 2.45) is 0 Å². The zero-order valence-electron chi connectivity index (χ0n) is 18.6. The van der Waals surface area contributed by atoms with E-state index in [1.165, 1.54) is 24.1 Å². The van der Waals surface area contributed by atoms with Crippen molar-refractivity contribution < 1.29 is 28.9 Å². The molecule has 3 amide bonds. The predicted molar refractivity (Wildman–Crippen MR) is 129 cm³/mol. The van der Waals surface area contributed by atoms with Gasteiger partial charge in [0, 0.05) is 18.6 Å². The minimum atomic E-state index is -1.15. The molecule has 2 atom stereocenters. The third-order valence-corrected chi connectivity index (χ3v) is 5.81. The van der Waals surface area contributed by atoms with Gasteiger partial charge in [-0.15, -0.1) is 0 Å². The summed E-state index contributed by atoms with van der Waals surface area (Å²) in [6.45, 7) is -0.884. The van der Waals surface area contributed by atoms with Crippen molar-refractivity contribution in [3.8, 4) is 0 Å². The number of likely N-dealkylation sites (N-methyl/N-ethyl adjacent to an activating group) is 1. The Hall–Kier alpha value is -3.12. The molecule has 0 aliphatic carbocycles. The summed E-state index contributed by atoms with van der Waals surface area (Å²) in [5.74, 6) is -0.472. The first-order valence-corrected chi connectivity index (χ1v) is 11.2. The Morgan fingerprint density at radius 2 is 2.06 bits per heavy atom. The molecule has 2 aromatic carbocycles. The average Bonchev–Trinajstić information content (AvgIpc) is 3.22. The maximum absolute atomic E-state index is 13.6. The van der Waals surface area contributed by atoms with Crippen LogP contribution in [-0.4, -0.2) is 69.6 Å². The standard InChI is InChI=1S/C22H24Cl2FN5O5/c1-30(21(33)26-9-12-3-2-4-16(25)19(12)24)14(8-15(32)10-31)11-35-22(34)29-20-27-17-6-5-13(23)7-18(17)28-20/h2-7,14-15,31-32H,8-11H2,1H3,(H,26,33)(H2,27,28,29,34)/t14-,15+/m0/s1. The smallest absolute Gasteiger partial charge is 0.414 e. The number of amides is 3. The van der Waals surface area contributed by atoms with Crippen molar-refractivity contribution >= 4 is 52.3 Å². The number of halogens is 3. The number of imidazole rings is 1. The number of aliphatic hydroxyl groups excluding tert-OH is 2. The van der Waals surface area contributed by atoms with Gasteiger partial charge in [0.2, 0.25) is 5.95 Å². The maximum Gasteiger partial charge on any atom is 0.414 e. The summed E-state index contributed by atoms with van der Waals surface area (Å²) in [5.41, 5.74) is 1.58. The Balaban J connectivity index is 1.59. The lowest BCUT2D eigenvalue weighted by Crippen LogP contribution is -2.47. The molecule has 188 valence electrons. The van der Waals surface area contributed by atoms with Crippen LogP contribution in [-0.2, 0) is 11.3 Å². The Bertz CT molecular complexity index is 1190. The highest BCUT2D eigenvalue weighted by Crippen LogP contribution is 2.20. The zero-order chi connectivity index (χ0) is 25.5. The van der Waals surface area contributed by atoms with Crippen LogP contribution in [0.5, 0.6) is 0 Å². The third kappa shape index (κ3) is 7.18. The molecular formula is C22H24Cl2FN5O5. The van der Waals surface area contributed by atoms with Crippen molar-refractivity contribution in [1.82, 2.24) is 20.2 Å². The van der Waals surface area contributed by atoms with E-state index in [2.05, 4.69) is 20.6 Å². The Kier molecular flexibility index (Phi) is 9.10. The molecule has 0 aliphatic heterocycles. The summed E-state index contributed by atoms with van der Waals surface area (Å²) < 4.78 is 18.8. The molecule has 0 unspecified atom stereocenters. The lowest BCUT2D eigenvalue weighted by atomic mass is 10.1. The Morgan fingerprint density at radius 3 is 2.80 bits per heavy atom. The van der Waals surface area contributed by atoms with Gasteiger partial charge in [-0.2, -0.15) is 0 Å². The van der Waals surface area contributed by atoms with Crippen LogP contribution >= 0.6 is 23.2 Å². The van der Waals surface area contributed by atoms with Crippen molar-refractivity contribution in [3.05, 3.63) is 57.8 Å². The molecule has 5 N–H and O–H groups in total. The monoisotopic (exact) mass is 527 g/mol.